The van der Waals surface area contributed by atoms with Gasteiger partial charge < -0.3 is 16.0 Å². The van der Waals surface area contributed by atoms with Crippen molar-refractivity contribution in [1.82, 2.24) is 15.3 Å². The number of fused-ring (bicyclic) bond motifs is 2. The number of nitrogens with two attached hydrogens (primary N) is 1. The second-order valence-corrected chi connectivity index (χ2v) is 6.46. The van der Waals surface area contributed by atoms with Crippen molar-refractivity contribution >= 4 is 16.9 Å². The Kier molecular flexibility index (Phi) is 3.39. The average Bonchev–Trinajstić information content (AvgIpc) is 2.96. The molecule has 0 fully saturated rings. The molecule has 1 amide bonds. The van der Waals surface area contributed by atoms with E-state index in [2.05, 4.69) is 41.5 Å². The first-order valence-electron chi connectivity index (χ1n) is 8.22. The summed E-state index contributed by atoms with van der Waals surface area (Å²) in [6.07, 6.45) is 2.13. The fourth-order valence-electron chi connectivity index (χ4n) is 3.62. The fourth-order valence-corrected chi connectivity index (χ4v) is 3.62. The van der Waals surface area contributed by atoms with E-state index in [-0.39, 0.29) is 0 Å². The molecule has 3 aromatic rings. The van der Waals surface area contributed by atoms with Crippen LogP contribution in [0.25, 0.3) is 11.0 Å². The molecule has 5 nitrogen and oxygen atoms in total. The number of nitrogens with one attached hydrogen (secondary N) is 2. The van der Waals surface area contributed by atoms with Crippen LogP contribution in [0.5, 0.6) is 0 Å². The SMILES string of the molecule is CC1(c2nc3c(C(N)=O)cccc3[nH]2)NCCCc2ccccc21. The molecule has 1 unspecified atom stereocenters. The van der Waals surface area contributed by atoms with Crippen LogP contribution in [0.15, 0.2) is 42.5 Å². The molecule has 1 aliphatic heterocycles. The van der Waals surface area contributed by atoms with Gasteiger partial charge in [0.05, 0.1) is 16.6 Å². The molecule has 0 spiro atoms. The first-order chi connectivity index (χ1) is 11.6. The lowest BCUT2D eigenvalue weighted by Crippen LogP contribution is -2.41. The van der Waals surface area contributed by atoms with Gasteiger partial charge in [-0.05, 0) is 49.6 Å². The molecule has 4 rings (SSSR count). The van der Waals surface area contributed by atoms with Crippen LogP contribution < -0.4 is 11.1 Å². The number of aromatic nitrogens is 2. The normalized spacial score (nSPS) is 20.5. The van der Waals surface area contributed by atoms with E-state index >= 15 is 0 Å². The molecule has 0 aliphatic carbocycles. The predicted octanol–water partition coefficient (Wildman–Crippen LogP) is 2.46. The number of benzene rings is 2. The van der Waals surface area contributed by atoms with Crippen LogP contribution in [-0.2, 0) is 12.0 Å². The molecule has 0 radical (unpaired) electrons. The molecule has 1 aliphatic rings. The molecular formula is C19H20N4O. The number of amides is 1. The van der Waals surface area contributed by atoms with E-state index in [1.165, 1.54) is 11.1 Å². The van der Waals surface area contributed by atoms with Crippen molar-refractivity contribution in [2.45, 2.75) is 25.3 Å². The Morgan fingerprint density at radius 1 is 1.21 bits per heavy atom. The van der Waals surface area contributed by atoms with E-state index in [1.807, 2.05) is 12.1 Å². The lowest BCUT2D eigenvalue weighted by molar-refractivity contribution is 0.100. The molecule has 0 saturated heterocycles. The van der Waals surface area contributed by atoms with Gasteiger partial charge in [-0.2, -0.15) is 0 Å². The maximum Gasteiger partial charge on any atom is 0.250 e. The summed E-state index contributed by atoms with van der Waals surface area (Å²) >= 11 is 0. The Hall–Kier alpha value is -2.66. The van der Waals surface area contributed by atoms with Crippen molar-refractivity contribution in [2.24, 2.45) is 5.73 Å². The number of imidazole rings is 1. The van der Waals surface area contributed by atoms with Gasteiger partial charge in [0.15, 0.2) is 0 Å². The number of hydrogen-bond donors (Lipinski definition) is 3. The van der Waals surface area contributed by atoms with E-state index in [0.717, 1.165) is 30.7 Å². The molecule has 2 aromatic carbocycles. The van der Waals surface area contributed by atoms with Crippen LogP contribution >= 0.6 is 0 Å². The third-order valence-corrected chi connectivity index (χ3v) is 4.91. The molecule has 122 valence electrons. The van der Waals surface area contributed by atoms with Gasteiger partial charge in [0.1, 0.15) is 11.3 Å². The highest BCUT2D eigenvalue weighted by atomic mass is 16.1. The number of carbonyl (C=O) groups excluding carboxylic acids is 1. The summed E-state index contributed by atoms with van der Waals surface area (Å²) in [6.45, 7) is 3.05. The Morgan fingerprint density at radius 2 is 2.04 bits per heavy atom. The number of primary amides is 1. The topological polar surface area (TPSA) is 83.8 Å². The van der Waals surface area contributed by atoms with Gasteiger partial charge in [-0.25, -0.2) is 4.98 Å². The number of para-hydroxylation sites is 1. The van der Waals surface area contributed by atoms with Gasteiger partial charge in [-0.3, -0.25) is 4.79 Å². The van der Waals surface area contributed by atoms with Gasteiger partial charge in [0, 0.05) is 0 Å². The first kappa shape index (κ1) is 14.9. The number of hydrogen-bond acceptors (Lipinski definition) is 3. The molecular weight excluding hydrogens is 300 g/mol. The Morgan fingerprint density at radius 3 is 2.88 bits per heavy atom. The van der Waals surface area contributed by atoms with Crippen molar-refractivity contribution in [1.29, 1.82) is 0 Å². The number of carbonyl (C=O) groups is 1. The van der Waals surface area contributed by atoms with Crippen molar-refractivity contribution in [2.75, 3.05) is 6.54 Å². The van der Waals surface area contributed by atoms with Crippen molar-refractivity contribution in [3.63, 3.8) is 0 Å². The molecule has 24 heavy (non-hydrogen) atoms. The van der Waals surface area contributed by atoms with E-state index in [4.69, 9.17) is 10.7 Å². The first-order valence-corrected chi connectivity index (χ1v) is 8.22. The summed E-state index contributed by atoms with van der Waals surface area (Å²) in [4.78, 5) is 19.8. The molecule has 1 atom stereocenters. The van der Waals surface area contributed by atoms with Crippen molar-refractivity contribution < 1.29 is 4.79 Å². The molecule has 0 bridgehead atoms. The van der Waals surface area contributed by atoms with Crippen molar-refractivity contribution in [3.8, 4) is 0 Å². The molecule has 5 heteroatoms. The Labute approximate surface area is 140 Å². The average molecular weight is 320 g/mol. The van der Waals surface area contributed by atoms with Crippen molar-refractivity contribution in [3.05, 3.63) is 65.0 Å². The van der Waals surface area contributed by atoms with Crippen LogP contribution in [0.3, 0.4) is 0 Å². The highest BCUT2D eigenvalue weighted by molar-refractivity contribution is 6.04. The molecule has 4 N–H and O–H groups in total. The van der Waals surface area contributed by atoms with Crippen LogP contribution in [0, 0.1) is 0 Å². The third kappa shape index (κ3) is 2.20. The van der Waals surface area contributed by atoms with Gasteiger partial charge >= 0.3 is 0 Å². The summed E-state index contributed by atoms with van der Waals surface area (Å²) < 4.78 is 0. The zero-order chi connectivity index (χ0) is 16.7. The zero-order valence-corrected chi connectivity index (χ0v) is 13.6. The van der Waals surface area contributed by atoms with Crippen LogP contribution in [-0.4, -0.2) is 22.4 Å². The van der Waals surface area contributed by atoms with Gasteiger partial charge in [0.2, 0.25) is 0 Å². The van der Waals surface area contributed by atoms with Crippen LogP contribution in [0.4, 0.5) is 0 Å². The predicted molar refractivity (Wildman–Crippen MR) is 93.8 cm³/mol. The second-order valence-electron chi connectivity index (χ2n) is 6.46. The number of rotatable bonds is 2. The summed E-state index contributed by atoms with van der Waals surface area (Å²) in [5, 5.41) is 3.63. The van der Waals surface area contributed by atoms with Gasteiger partial charge in [0.25, 0.3) is 5.91 Å². The maximum absolute atomic E-state index is 11.7. The number of nitrogens with zero attached hydrogens (tertiary/aromatic N) is 1. The molecule has 2 heterocycles. The van der Waals surface area contributed by atoms with Gasteiger partial charge in [-0.15, -0.1) is 0 Å². The molecule has 1 aromatic heterocycles. The number of H-pyrrole nitrogens is 1. The lowest BCUT2D eigenvalue weighted by Gasteiger charge is -2.29. The summed E-state index contributed by atoms with van der Waals surface area (Å²) in [5.41, 5.74) is 9.52. The minimum atomic E-state index is -0.460. The number of aryl methyl sites for hydroxylation is 1. The highest BCUT2D eigenvalue weighted by Gasteiger charge is 2.35. The minimum absolute atomic E-state index is 0.430. The van der Waals surface area contributed by atoms with Crippen LogP contribution in [0.1, 0.15) is 40.7 Å². The minimum Gasteiger partial charge on any atom is -0.366 e. The highest BCUT2D eigenvalue weighted by Crippen LogP contribution is 2.34. The van der Waals surface area contributed by atoms with E-state index < -0.39 is 11.4 Å². The summed E-state index contributed by atoms with van der Waals surface area (Å²) in [7, 11) is 0. The van der Waals surface area contributed by atoms with Crippen LogP contribution in [0.2, 0.25) is 0 Å². The quantitative estimate of drug-likeness (QED) is 0.678. The largest absolute Gasteiger partial charge is 0.366 e. The zero-order valence-electron chi connectivity index (χ0n) is 13.6. The van der Waals surface area contributed by atoms with E-state index in [9.17, 15) is 4.79 Å². The van der Waals surface area contributed by atoms with Gasteiger partial charge in [-0.1, -0.05) is 30.3 Å². The summed E-state index contributed by atoms with van der Waals surface area (Å²) in [5.74, 6) is 0.346. The second kappa shape index (κ2) is 5.46. The lowest BCUT2D eigenvalue weighted by atomic mass is 9.87. The fraction of sp³-hybridized carbons (Fsp3) is 0.263. The number of aromatic amines is 1. The third-order valence-electron chi connectivity index (χ3n) is 4.91. The Bertz CT molecular complexity index is 930. The Balaban J connectivity index is 1.93. The molecule has 0 saturated carbocycles. The van der Waals surface area contributed by atoms with E-state index in [0.29, 0.717) is 11.1 Å². The monoisotopic (exact) mass is 320 g/mol. The maximum atomic E-state index is 11.7. The van der Waals surface area contributed by atoms with E-state index in [1.54, 1.807) is 6.07 Å². The standard InChI is InChI=1S/C19H20N4O/c1-19(14-9-3-2-6-12(14)7-5-11-21-19)18-22-15-10-4-8-13(17(20)24)16(15)23-18/h2-4,6,8-10,21H,5,7,11H2,1H3,(H2,20,24)(H,22,23). The smallest absolute Gasteiger partial charge is 0.250 e. The summed E-state index contributed by atoms with van der Waals surface area (Å²) in [6, 6.07) is 13.9.